The predicted molar refractivity (Wildman–Crippen MR) is 67.1 cm³/mol. The van der Waals surface area contributed by atoms with E-state index in [4.69, 9.17) is 4.74 Å². The lowest BCUT2D eigenvalue weighted by Gasteiger charge is -2.32. The number of nitrogens with one attached hydrogen (secondary N) is 1. The highest BCUT2D eigenvalue weighted by atomic mass is 16.5. The van der Waals surface area contributed by atoms with Gasteiger partial charge in [0.1, 0.15) is 12.2 Å². The van der Waals surface area contributed by atoms with Crippen molar-refractivity contribution in [2.45, 2.75) is 44.9 Å². The number of rotatable bonds is 5. The summed E-state index contributed by atoms with van der Waals surface area (Å²) in [4.78, 5) is 4.23. The smallest absolute Gasteiger partial charge is 0.141 e. The van der Waals surface area contributed by atoms with E-state index < -0.39 is 5.60 Å². The van der Waals surface area contributed by atoms with Crippen molar-refractivity contribution in [2.24, 2.45) is 0 Å². The zero-order chi connectivity index (χ0) is 13.0. The topological polar surface area (TPSA) is 72.2 Å². The molecule has 1 aromatic rings. The zero-order valence-corrected chi connectivity index (χ0v) is 11.1. The van der Waals surface area contributed by atoms with E-state index in [-0.39, 0.29) is 0 Å². The van der Waals surface area contributed by atoms with Gasteiger partial charge in [0.2, 0.25) is 0 Å². The third-order valence-electron chi connectivity index (χ3n) is 3.30. The van der Waals surface area contributed by atoms with Gasteiger partial charge in [-0.2, -0.15) is 5.10 Å². The van der Waals surface area contributed by atoms with E-state index in [0.29, 0.717) is 45.2 Å². The molecule has 18 heavy (non-hydrogen) atoms. The summed E-state index contributed by atoms with van der Waals surface area (Å²) in [7, 11) is 0. The minimum atomic E-state index is -0.638. The Bertz CT molecular complexity index is 372. The molecule has 0 bridgehead atoms. The van der Waals surface area contributed by atoms with Gasteiger partial charge < -0.3 is 15.2 Å². The van der Waals surface area contributed by atoms with Crippen LogP contribution in [0.1, 0.15) is 38.6 Å². The fraction of sp³-hybridized carbons (Fsp3) is 0.833. The highest BCUT2D eigenvalue weighted by Crippen LogP contribution is 2.19. The highest BCUT2D eigenvalue weighted by Gasteiger charge is 2.29. The number of hydrogen-bond donors (Lipinski definition) is 2. The van der Waals surface area contributed by atoms with Crippen molar-refractivity contribution in [3.05, 3.63) is 12.2 Å². The van der Waals surface area contributed by atoms with E-state index >= 15 is 0 Å². The van der Waals surface area contributed by atoms with Gasteiger partial charge in [-0.1, -0.05) is 0 Å². The molecule has 1 aliphatic heterocycles. The van der Waals surface area contributed by atoms with Crippen LogP contribution in [0.2, 0.25) is 0 Å². The first-order valence-corrected chi connectivity index (χ1v) is 6.50. The van der Waals surface area contributed by atoms with E-state index in [0.717, 1.165) is 5.82 Å². The largest absolute Gasteiger partial charge is 0.388 e. The summed E-state index contributed by atoms with van der Waals surface area (Å²) in [5.41, 5.74) is -0.638. The van der Waals surface area contributed by atoms with Gasteiger partial charge in [-0.25, -0.2) is 9.67 Å². The molecular weight excluding hydrogens is 232 g/mol. The summed E-state index contributed by atoms with van der Waals surface area (Å²) in [5, 5.41) is 17.7. The molecule has 0 unspecified atom stereocenters. The summed E-state index contributed by atoms with van der Waals surface area (Å²) in [6.45, 7) is 6.62. The Kier molecular flexibility index (Phi) is 4.31. The molecule has 6 nitrogen and oxygen atoms in total. The second-order valence-corrected chi connectivity index (χ2v) is 5.15. The molecule has 0 aromatic carbocycles. The molecule has 0 amide bonds. The van der Waals surface area contributed by atoms with Crippen LogP contribution in [0.3, 0.4) is 0 Å². The second kappa shape index (κ2) is 5.77. The maximum Gasteiger partial charge on any atom is 0.141 e. The van der Waals surface area contributed by atoms with Crippen LogP contribution in [-0.2, 0) is 11.3 Å². The van der Waals surface area contributed by atoms with E-state index in [1.807, 2.05) is 4.68 Å². The van der Waals surface area contributed by atoms with Crippen molar-refractivity contribution >= 4 is 0 Å². The van der Waals surface area contributed by atoms with Crippen molar-refractivity contribution < 1.29 is 9.84 Å². The van der Waals surface area contributed by atoms with E-state index in [1.165, 1.54) is 0 Å². The molecule has 0 spiro atoms. The van der Waals surface area contributed by atoms with Gasteiger partial charge in [-0.3, -0.25) is 0 Å². The van der Waals surface area contributed by atoms with Crippen molar-refractivity contribution in [3.8, 4) is 0 Å². The molecule has 1 aliphatic rings. The molecule has 2 heterocycles. The molecule has 0 atom stereocenters. The third kappa shape index (κ3) is 3.28. The molecule has 6 heteroatoms. The molecule has 0 saturated carbocycles. The molecule has 1 saturated heterocycles. The fourth-order valence-electron chi connectivity index (χ4n) is 2.17. The average Bonchev–Trinajstić information content (AvgIpc) is 2.78. The summed E-state index contributed by atoms with van der Waals surface area (Å²) in [5.74, 6) is 0.903. The van der Waals surface area contributed by atoms with Crippen LogP contribution in [0.4, 0.5) is 0 Å². The first-order chi connectivity index (χ1) is 8.61. The molecule has 0 aliphatic carbocycles. The number of aliphatic hydroxyl groups is 1. The lowest BCUT2D eigenvalue weighted by atomic mass is 9.94. The Balaban J connectivity index is 1.82. The van der Waals surface area contributed by atoms with Crippen molar-refractivity contribution in [1.82, 2.24) is 20.1 Å². The van der Waals surface area contributed by atoms with Gasteiger partial charge in [0.05, 0.1) is 12.1 Å². The first kappa shape index (κ1) is 13.5. The van der Waals surface area contributed by atoms with Crippen molar-refractivity contribution in [2.75, 3.05) is 19.8 Å². The van der Waals surface area contributed by atoms with Gasteiger partial charge >= 0.3 is 0 Å². The average molecular weight is 254 g/mol. The first-order valence-electron chi connectivity index (χ1n) is 6.50. The molecule has 1 aromatic heterocycles. The maximum atomic E-state index is 10.3. The Morgan fingerprint density at radius 1 is 1.50 bits per heavy atom. The standard InChI is InChI=1S/C12H22N4O2/c1-10(2)16-11(14-9-15-16)7-13-8-12(17)3-5-18-6-4-12/h9-10,13,17H,3-8H2,1-2H3. The number of hydrogen-bond acceptors (Lipinski definition) is 5. The zero-order valence-electron chi connectivity index (χ0n) is 11.1. The minimum Gasteiger partial charge on any atom is -0.388 e. The lowest BCUT2D eigenvalue weighted by Crippen LogP contribution is -2.45. The van der Waals surface area contributed by atoms with Crippen LogP contribution >= 0.6 is 0 Å². The predicted octanol–water partition coefficient (Wildman–Crippen LogP) is 0.490. The van der Waals surface area contributed by atoms with E-state index in [2.05, 4.69) is 29.2 Å². The van der Waals surface area contributed by atoms with E-state index in [9.17, 15) is 5.11 Å². The molecule has 1 fully saturated rings. The Hall–Kier alpha value is -0.980. The molecule has 2 rings (SSSR count). The monoisotopic (exact) mass is 254 g/mol. The Labute approximate surface area is 107 Å². The Morgan fingerprint density at radius 3 is 2.89 bits per heavy atom. The SMILES string of the molecule is CC(C)n1ncnc1CNCC1(O)CCOCC1. The van der Waals surface area contributed by atoms with Crippen LogP contribution in [-0.4, -0.2) is 45.2 Å². The van der Waals surface area contributed by atoms with Crippen LogP contribution in [0.25, 0.3) is 0 Å². The second-order valence-electron chi connectivity index (χ2n) is 5.15. The van der Waals surface area contributed by atoms with Gasteiger partial charge in [-0.15, -0.1) is 0 Å². The normalized spacial score (nSPS) is 19.3. The van der Waals surface area contributed by atoms with Crippen LogP contribution in [0.5, 0.6) is 0 Å². The molecule has 0 radical (unpaired) electrons. The van der Waals surface area contributed by atoms with Crippen molar-refractivity contribution in [1.29, 1.82) is 0 Å². The third-order valence-corrected chi connectivity index (χ3v) is 3.30. The van der Waals surface area contributed by atoms with Crippen LogP contribution < -0.4 is 5.32 Å². The number of nitrogens with zero attached hydrogens (tertiary/aromatic N) is 3. The summed E-state index contributed by atoms with van der Waals surface area (Å²) < 4.78 is 7.14. The molecular formula is C12H22N4O2. The highest BCUT2D eigenvalue weighted by molar-refractivity contribution is 4.88. The lowest BCUT2D eigenvalue weighted by molar-refractivity contribution is -0.0617. The van der Waals surface area contributed by atoms with Gasteiger partial charge in [0.25, 0.3) is 0 Å². The maximum absolute atomic E-state index is 10.3. The van der Waals surface area contributed by atoms with E-state index in [1.54, 1.807) is 6.33 Å². The van der Waals surface area contributed by atoms with Gasteiger partial charge in [0, 0.05) is 38.6 Å². The molecule has 2 N–H and O–H groups in total. The van der Waals surface area contributed by atoms with Crippen molar-refractivity contribution in [3.63, 3.8) is 0 Å². The Morgan fingerprint density at radius 2 is 2.22 bits per heavy atom. The van der Waals surface area contributed by atoms with Crippen LogP contribution in [0.15, 0.2) is 6.33 Å². The molecule has 102 valence electrons. The fourth-order valence-corrected chi connectivity index (χ4v) is 2.17. The number of ether oxygens (including phenoxy) is 1. The summed E-state index contributed by atoms with van der Waals surface area (Å²) in [6.07, 6.45) is 2.95. The van der Waals surface area contributed by atoms with Gasteiger partial charge in [-0.05, 0) is 13.8 Å². The summed E-state index contributed by atoms with van der Waals surface area (Å²) >= 11 is 0. The van der Waals surface area contributed by atoms with Crippen LogP contribution in [0, 0.1) is 0 Å². The number of aromatic nitrogens is 3. The quantitative estimate of drug-likeness (QED) is 0.800. The van der Waals surface area contributed by atoms with Gasteiger partial charge in [0.15, 0.2) is 0 Å². The summed E-state index contributed by atoms with van der Waals surface area (Å²) in [6, 6.07) is 0.301. The minimum absolute atomic E-state index is 0.301.